The number of nitrogens with one attached hydrogen (secondary N) is 1. The number of anilines is 1. The summed E-state index contributed by atoms with van der Waals surface area (Å²) in [6, 6.07) is 6.16. The van der Waals surface area contributed by atoms with Gasteiger partial charge >= 0.3 is 0 Å². The first-order valence-electron chi connectivity index (χ1n) is 9.39. The molecule has 3 rings (SSSR count). The second kappa shape index (κ2) is 8.08. The Kier molecular flexibility index (Phi) is 5.81. The van der Waals surface area contributed by atoms with Gasteiger partial charge in [0.2, 0.25) is 11.8 Å². The number of piperazine rings is 1. The molecular weight excluding hydrogens is 330 g/mol. The van der Waals surface area contributed by atoms with Gasteiger partial charge in [-0.3, -0.25) is 9.59 Å². The molecule has 0 aromatic heterocycles. The highest BCUT2D eigenvalue weighted by atomic mass is 16.5. The molecule has 2 heterocycles. The molecule has 6 heteroatoms. The van der Waals surface area contributed by atoms with E-state index in [2.05, 4.69) is 42.3 Å². The minimum absolute atomic E-state index is 0.0100. The molecule has 2 aliphatic heterocycles. The fourth-order valence-corrected chi connectivity index (χ4v) is 3.98. The molecule has 1 aromatic carbocycles. The molecule has 1 N–H and O–H groups in total. The molecule has 2 amide bonds. The van der Waals surface area contributed by atoms with Crippen LogP contribution < -0.4 is 10.2 Å². The quantitative estimate of drug-likeness (QED) is 0.885. The van der Waals surface area contributed by atoms with Gasteiger partial charge < -0.3 is 19.9 Å². The third-order valence-electron chi connectivity index (χ3n) is 5.69. The summed E-state index contributed by atoms with van der Waals surface area (Å²) in [5.41, 5.74) is 3.86. The zero-order chi connectivity index (χ0) is 18.7. The summed E-state index contributed by atoms with van der Waals surface area (Å²) in [6.45, 7) is 7.78. The number of methoxy groups -OCH3 is 1. The SMILES string of the molecule is COC[C@H]1NC(=O)CC[C@H]1C(=O)N1CCN(c2cccc(C)c2C)CC1. The van der Waals surface area contributed by atoms with Gasteiger partial charge in [-0.25, -0.2) is 0 Å². The Morgan fingerprint density at radius 1 is 1.23 bits per heavy atom. The van der Waals surface area contributed by atoms with Gasteiger partial charge in [0.1, 0.15) is 0 Å². The molecule has 0 aliphatic carbocycles. The summed E-state index contributed by atoms with van der Waals surface area (Å²) in [5.74, 6) is -0.0246. The number of hydrogen-bond donors (Lipinski definition) is 1. The number of benzene rings is 1. The Bertz CT molecular complexity index is 668. The highest BCUT2D eigenvalue weighted by Crippen LogP contribution is 2.25. The zero-order valence-electron chi connectivity index (χ0n) is 16.0. The van der Waals surface area contributed by atoms with Crippen molar-refractivity contribution in [3.63, 3.8) is 0 Å². The van der Waals surface area contributed by atoms with Crippen molar-refractivity contribution in [2.75, 3.05) is 44.8 Å². The lowest BCUT2D eigenvalue weighted by molar-refractivity contribution is -0.140. The van der Waals surface area contributed by atoms with Crippen molar-refractivity contribution < 1.29 is 14.3 Å². The van der Waals surface area contributed by atoms with Crippen LogP contribution in [-0.4, -0.2) is 62.7 Å². The highest BCUT2D eigenvalue weighted by molar-refractivity contribution is 5.84. The lowest BCUT2D eigenvalue weighted by Gasteiger charge is -2.40. The highest BCUT2D eigenvalue weighted by Gasteiger charge is 2.37. The third-order valence-corrected chi connectivity index (χ3v) is 5.69. The molecule has 6 nitrogen and oxygen atoms in total. The number of rotatable bonds is 4. The van der Waals surface area contributed by atoms with Crippen molar-refractivity contribution in [1.29, 1.82) is 0 Å². The van der Waals surface area contributed by atoms with E-state index in [1.165, 1.54) is 16.8 Å². The monoisotopic (exact) mass is 359 g/mol. The van der Waals surface area contributed by atoms with E-state index in [0.717, 1.165) is 26.2 Å². The fraction of sp³-hybridized carbons (Fsp3) is 0.600. The number of nitrogens with zero attached hydrogens (tertiary/aromatic N) is 2. The Labute approximate surface area is 155 Å². The van der Waals surface area contributed by atoms with Gasteiger partial charge in [-0.2, -0.15) is 0 Å². The van der Waals surface area contributed by atoms with Gasteiger partial charge in [-0.05, 0) is 37.5 Å². The van der Waals surface area contributed by atoms with Gasteiger partial charge in [0, 0.05) is 45.4 Å². The third kappa shape index (κ3) is 3.85. The van der Waals surface area contributed by atoms with E-state index in [9.17, 15) is 9.59 Å². The second-order valence-corrected chi connectivity index (χ2v) is 7.31. The summed E-state index contributed by atoms with van der Waals surface area (Å²) < 4.78 is 5.20. The minimum Gasteiger partial charge on any atom is -0.383 e. The lowest BCUT2D eigenvalue weighted by Crippen LogP contribution is -2.56. The van der Waals surface area contributed by atoms with E-state index in [4.69, 9.17) is 4.74 Å². The van der Waals surface area contributed by atoms with E-state index in [-0.39, 0.29) is 23.8 Å². The van der Waals surface area contributed by atoms with Gasteiger partial charge in [0.25, 0.3) is 0 Å². The minimum atomic E-state index is -0.217. The normalized spacial score (nSPS) is 23.7. The largest absolute Gasteiger partial charge is 0.383 e. The summed E-state index contributed by atoms with van der Waals surface area (Å²) in [6.07, 6.45) is 1.02. The van der Waals surface area contributed by atoms with Crippen LogP contribution in [0.1, 0.15) is 24.0 Å². The van der Waals surface area contributed by atoms with E-state index < -0.39 is 0 Å². The van der Waals surface area contributed by atoms with Crippen molar-refractivity contribution in [2.24, 2.45) is 5.92 Å². The molecule has 1 aromatic rings. The standard InChI is InChI=1S/C20H29N3O3/c1-14-5-4-6-18(15(14)2)22-9-11-23(12-10-22)20(25)16-7-8-19(24)21-17(16)13-26-3/h4-6,16-17H,7-13H2,1-3H3,(H,21,24)/t16-,17-/m1/s1. The van der Waals surface area contributed by atoms with E-state index in [1.54, 1.807) is 7.11 Å². The van der Waals surface area contributed by atoms with Crippen molar-refractivity contribution >= 4 is 17.5 Å². The summed E-state index contributed by atoms with van der Waals surface area (Å²) >= 11 is 0. The maximum Gasteiger partial charge on any atom is 0.227 e. The van der Waals surface area contributed by atoms with Crippen LogP contribution in [0.5, 0.6) is 0 Å². The van der Waals surface area contributed by atoms with E-state index in [0.29, 0.717) is 19.4 Å². The number of carbonyl (C=O) groups excluding carboxylic acids is 2. The van der Waals surface area contributed by atoms with Crippen LogP contribution in [0.3, 0.4) is 0 Å². The van der Waals surface area contributed by atoms with Crippen molar-refractivity contribution in [3.8, 4) is 0 Å². The van der Waals surface area contributed by atoms with Crippen LogP contribution >= 0.6 is 0 Å². The van der Waals surface area contributed by atoms with Crippen LogP contribution in [-0.2, 0) is 14.3 Å². The number of piperidine rings is 1. The predicted octanol–water partition coefficient (Wildman–Crippen LogP) is 1.49. The molecule has 0 bridgehead atoms. The zero-order valence-corrected chi connectivity index (χ0v) is 16.0. The number of carbonyl (C=O) groups is 2. The molecular formula is C20H29N3O3. The molecule has 2 atom stereocenters. The second-order valence-electron chi connectivity index (χ2n) is 7.31. The van der Waals surface area contributed by atoms with Crippen LogP contribution in [0.25, 0.3) is 0 Å². The molecule has 2 aliphatic rings. The lowest BCUT2D eigenvalue weighted by atomic mass is 9.89. The Morgan fingerprint density at radius 3 is 2.65 bits per heavy atom. The molecule has 2 saturated heterocycles. The van der Waals surface area contributed by atoms with Crippen molar-refractivity contribution in [1.82, 2.24) is 10.2 Å². The van der Waals surface area contributed by atoms with Crippen LogP contribution in [0.15, 0.2) is 18.2 Å². The average molecular weight is 359 g/mol. The van der Waals surface area contributed by atoms with Gasteiger partial charge in [0.15, 0.2) is 0 Å². The summed E-state index contributed by atoms with van der Waals surface area (Å²) in [4.78, 5) is 29.0. The maximum atomic E-state index is 13.0. The fourth-order valence-electron chi connectivity index (χ4n) is 3.98. The first-order valence-corrected chi connectivity index (χ1v) is 9.39. The van der Waals surface area contributed by atoms with E-state index in [1.807, 2.05) is 4.90 Å². The van der Waals surface area contributed by atoms with Gasteiger partial charge in [-0.15, -0.1) is 0 Å². The molecule has 0 unspecified atom stereocenters. The number of aryl methyl sites for hydroxylation is 1. The summed E-state index contributed by atoms with van der Waals surface area (Å²) in [5, 5.41) is 2.91. The van der Waals surface area contributed by atoms with Gasteiger partial charge in [0.05, 0.1) is 18.6 Å². The Balaban J connectivity index is 1.63. The molecule has 0 radical (unpaired) electrons. The number of amides is 2. The molecule has 0 spiro atoms. The van der Waals surface area contributed by atoms with Gasteiger partial charge in [-0.1, -0.05) is 12.1 Å². The number of ether oxygens (including phenoxy) is 1. The average Bonchev–Trinajstić information content (AvgIpc) is 2.64. The topological polar surface area (TPSA) is 61.9 Å². The molecule has 0 saturated carbocycles. The summed E-state index contributed by atoms with van der Waals surface area (Å²) in [7, 11) is 1.60. The first kappa shape index (κ1) is 18.7. The number of hydrogen-bond acceptors (Lipinski definition) is 4. The Hall–Kier alpha value is -2.08. The van der Waals surface area contributed by atoms with Crippen LogP contribution in [0.4, 0.5) is 5.69 Å². The van der Waals surface area contributed by atoms with Crippen molar-refractivity contribution in [3.05, 3.63) is 29.3 Å². The first-order chi connectivity index (χ1) is 12.5. The molecule has 2 fully saturated rings. The predicted molar refractivity (Wildman–Crippen MR) is 101 cm³/mol. The maximum absolute atomic E-state index is 13.0. The smallest absolute Gasteiger partial charge is 0.227 e. The van der Waals surface area contributed by atoms with E-state index >= 15 is 0 Å². The Morgan fingerprint density at radius 2 is 1.96 bits per heavy atom. The van der Waals surface area contributed by atoms with Crippen LogP contribution in [0.2, 0.25) is 0 Å². The molecule has 142 valence electrons. The molecule has 26 heavy (non-hydrogen) atoms. The van der Waals surface area contributed by atoms with Crippen LogP contribution in [0, 0.1) is 19.8 Å². The van der Waals surface area contributed by atoms with Crippen molar-refractivity contribution in [2.45, 2.75) is 32.7 Å².